The first-order chi connectivity index (χ1) is 11.2. The summed E-state index contributed by atoms with van der Waals surface area (Å²) in [6.45, 7) is 2.68. The van der Waals surface area contributed by atoms with Crippen LogP contribution in [-0.2, 0) is 6.42 Å². The number of urea groups is 1. The Morgan fingerprint density at radius 2 is 2.30 bits per heavy atom. The molecular weight excluding hydrogens is 308 g/mol. The second-order valence-electron chi connectivity index (χ2n) is 5.75. The molecule has 1 aromatic carbocycles. The summed E-state index contributed by atoms with van der Waals surface area (Å²) in [5.41, 5.74) is 3.55. The van der Waals surface area contributed by atoms with Gasteiger partial charge < -0.3 is 10.6 Å². The first kappa shape index (κ1) is 15.9. The van der Waals surface area contributed by atoms with Gasteiger partial charge >= 0.3 is 6.03 Å². The summed E-state index contributed by atoms with van der Waals surface area (Å²) in [4.78, 5) is 13.4. The van der Waals surface area contributed by atoms with E-state index in [0.29, 0.717) is 6.54 Å². The third-order valence-electron chi connectivity index (χ3n) is 4.11. The highest BCUT2D eigenvalue weighted by Crippen LogP contribution is 2.35. The molecule has 3 N–H and O–H groups in total. The van der Waals surface area contributed by atoms with Crippen molar-refractivity contribution in [3.63, 3.8) is 0 Å². The molecular formula is C17H22N4OS. The van der Waals surface area contributed by atoms with Gasteiger partial charge in [0.05, 0.1) is 12.2 Å². The van der Waals surface area contributed by atoms with Crippen LogP contribution in [0.3, 0.4) is 0 Å². The second kappa shape index (κ2) is 7.55. The molecule has 0 fully saturated rings. The van der Waals surface area contributed by atoms with Crippen molar-refractivity contribution in [2.75, 3.05) is 12.3 Å². The monoisotopic (exact) mass is 330 g/mol. The quantitative estimate of drug-likeness (QED) is 0.738. The van der Waals surface area contributed by atoms with Crippen LogP contribution in [0, 0.1) is 6.92 Å². The Balaban J connectivity index is 1.44. The Morgan fingerprint density at radius 1 is 1.43 bits per heavy atom. The lowest BCUT2D eigenvalue weighted by Crippen LogP contribution is -2.39. The fourth-order valence-electron chi connectivity index (χ4n) is 2.81. The number of nitrogens with one attached hydrogen (secondary N) is 3. The van der Waals surface area contributed by atoms with Gasteiger partial charge in [0.1, 0.15) is 0 Å². The third kappa shape index (κ3) is 4.07. The number of fused-ring (bicyclic) bond motifs is 1. The molecule has 1 aliphatic rings. The van der Waals surface area contributed by atoms with Crippen LogP contribution in [0.2, 0.25) is 0 Å². The van der Waals surface area contributed by atoms with Crippen LogP contribution in [0.4, 0.5) is 4.79 Å². The van der Waals surface area contributed by atoms with E-state index in [2.05, 4.69) is 33.0 Å². The summed E-state index contributed by atoms with van der Waals surface area (Å²) >= 11 is 1.86. The van der Waals surface area contributed by atoms with Crippen LogP contribution >= 0.6 is 11.8 Å². The van der Waals surface area contributed by atoms with Crippen molar-refractivity contribution < 1.29 is 4.79 Å². The maximum atomic E-state index is 12.1. The molecule has 0 saturated heterocycles. The summed E-state index contributed by atoms with van der Waals surface area (Å²) in [5.74, 6) is 1.04. The number of aromatic amines is 1. The molecule has 0 unspecified atom stereocenters. The van der Waals surface area contributed by atoms with Crippen molar-refractivity contribution in [1.82, 2.24) is 20.8 Å². The maximum Gasteiger partial charge on any atom is 0.315 e. The number of carbonyl (C=O) groups excluding carboxylic acids is 1. The van der Waals surface area contributed by atoms with E-state index >= 15 is 0 Å². The van der Waals surface area contributed by atoms with Crippen LogP contribution in [0.5, 0.6) is 0 Å². The molecule has 1 atom stereocenters. The fourth-order valence-corrected chi connectivity index (χ4v) is 3.93. The number of rotatable bonds is 5. The zero-order valence-electron chi connectivity index (χ0n) is 13.3. The Kier molecular flexibility index (Phi) is 5.23. The predicted molar refractivity (Wildman–Crippen MR) is 92.7 cm³/mol. The zero-order valence-corrected chi connectivity index (χ0v) is 14.1. The van der Waals surface area contributed by atoms with Gasteiger partial charge in [0.2, 0.25) is 0 Å². The number of carbonyl (C=O) groups is 1. The fraction of sp³-hybridized carbons (Fsp3) is 0.412. The van der Waals surface area contributed by atoms with Crippen molar-refractivity contribution >= 4 is 17.8 Å². The number of amides is 2. The lowest BCUT2D eigenvalue weighted by Gasteiger charge is -2.25. The highest BCUT2D eigenvalue weighted by Gasteiger charge is 2.21. The van der Waals surface area contributed by atoms with Gasteiger partial charge in [-0.15, -0.1) is 11.8 Å². The standard InChI is InChI=1S/C17H22N4OS/c1-12-13(11-19-21-12)5-4-9-18-17(22)20-15-8-10-23-16-7-3-2-6-14(15)16/h2-3,6-7,11,15H,4-5,8-10H2,1H3,(H,19,21)(H2,18,20,22)/t15-/m1/s1. The summed E-state index contributed by atoms with van der Waals surface area (Å²) in [6.07, 6.45) is 4.66. The van der Waals surface area contributed by atoms with Gasteiger partial charge in [0.15, 0.2) is 0 Å². The second-order valence-corrected chi connectivity index (χ2v) is 6.89. The molecule has 1 aromatic heterocycles. The largest absolute Gasteiger partial charge is 0.338 e. The molecule has 0 spiro atoms. The van der Waals surface area contributed by atoms with Crippen molar-refractivity contribution in [1.29, 1.82) is 0 Å². The smallest absolute Gasteiger partial charge is 0.315 e. The molecule has 0 radical (unpaired) electrons. The number of thioether (sulfide) groups is 1. The molecule has 122 valence electrons. The number of hydrogen-bond donors (Lipinski definition) is 3. The minimum absolute atomic E-state index is 0.0828. The lowest BCUT2D eigenvalue weighted by molar-refractivity contribution is 0.236. The average Bonchev–Trinajstić information content (AvgIpc) is 2.97. The minimum Gasteiger partial charge on any atom is -0.338 e. The summed E-state index contributed by atoms with van der Waals surface area (Å²) in [6, 6.07) is 8.34. The van der Waals surface area contributed by atoms with Gasteiger partial charge in [-0.3, -0.25) is 5.10 Å². The molecule has 2 amide bonds. The number of aromatic nitrogens is 2. The van der Waals surface area contributed by atoms with E-state index in [1.54, 1.807) is 0 Å². The van der Waals surface area contributed by atoms with E-state index < -0.39 is 0 Å². The van der Waals surface area contributed by atoms with Crippen LogP contribution in [0.1, 0.15) is 35.7 Å². The number of aryl methyl sites for hydroxylation is 2. The average molecular weight is 330 g/mol. The third-order valence-corrected chi connectivity index (χ3v) is 5.23. The predicted octanol–water partition coefficient (Wildman–Crippen LogP) is 3.19. The highest BCUT2D eigenvalue weighted by atomic mass is 32.2. The molecule has 2 aromatic rings. The van der Waals surface area contributed by atoms with Gasteiger partial charge in [-0.2, -0.15) is 5.10 Å². The Hall–Kier alpha value is -1.95. The Labute approximate surface area is 140 Å². The molecule has 1 aliphatic heterocycles. The van der Waals surface area contributed by atoms with Gasteiger partial charge in [0, 0.05) is 22.9 Å². The number of nitrogens with zero attached hydrogens (tertiary/aromatic N) is 1. The van der Waals surface area contributed by atoms with E-state index in [4.69, 9.17) is 0 Å². The Morgan fingerprint density at radius 3 is 3.13 bits per heavy atom. The van der Waals surface area contributed by atoms with Gasteiger partial charge in [-0.25, -0.2) is 4.79 Å². The van der Waals surface area contributed by atoms with Crippen molar-refractivity contribution in [2.45, 2.75) is 37.1 Å². The normalized spacial score (nSPS) is 16.7. The summed E-state index contributed by atoms with van der Waals surface area (Å²) in [7, 11) is 0. The van der Waals surface area contributed by atoms with Crippen LogP contribution in [0.15, 0.2) is 35.4 Å². The van der Waals surface area contributed by atoms with Crippen molar-refractivity contribution in [3.8, 4) is 0 Å². The number of benzene rings is 1. The summed E-state index contributed by atoms with van der Waals surface area (Å²) in [5, 5.41) is 13.0. The molecule has 6 heteroatoms. The SMILES string of the molecule is Cc1[nH]ncc1CCCNC(=O)N[C@@H]1CCSc2ccccc21. The topological polar surface area (TPSA) is 69.8 Å². The molecule has 3 rings (SSSR count). The van der Waals surface area contributed by atoms with Crippen LogP contribution in [-0.4, -0.2) is 28.5 Å². The molecule has 0 saturated carbocycles. The van der Waals surface area contributed by atoms with E-state index in [1.807, 2.05) is 37.0 Å². The van der Waals surface area contributed by atoms with E-state index in [-0.39, 0.29) is 12.1 Å². The Bertz CT molecular complexity index is 670. The first-order valence-corrected chi connectivity index (χ1v) is 8.97. The van der Waals surface area contributed by atoms with E-state index in [0.717, 1.165) is 30.7 Å². The maximum absolute atomic E-state index is 12.1. The molecule has 0 bridgehead atoms. The highest BCUT2D eigenvalue weighted by molar-refractivity contribution is 7.99. The van der Waals surface area contributed by atoms with Crippen LogP contribution < -0.4 is 10.6 Å². The van der Waals surface area contributed by atoms with Crippen molar-refractivity contribution in [3.05, 3.63) is 47.3 Å². The molecule has 2 heterocycles. The van der Waals surface area contributed by atoms with E-state index in [1.165, 1.54) is 16.0 Å². The molecule has 5 nitrogen and oxygen atoms in total. The number of hydrogen-bond acceptors (Lipinski definition) is 3. The molecule has 23 heavy (non-hydrogen) atoms. The number of H-pyrrole nitrogens is 1. The minimum atomic E-state index is -0.0828. The summed E-state index contributed by atoms with van der Waals surface area (Å²) < 4.78 is 0. The first-order valence-electron chi connectivity index (χ1n) is 7.99. The lowest BCUT2D eigenvalue weighted by atomic mass is 10.0. The molecule has 0 aliphatic carbocycles. The van der Waals surface area contributed by atoms with E-state index in [9.17, 15) is 4.79 Å². The van der Waals surface area contributed by atoms with Gasteiger partial charge in [0.25, 0.3) is 0 Å². The van der Waals surface area contributed by atoms with Gasteiger partial charge in [-0.1, -0.05) is 18.2 Å². The van der Waals surface area contributed by atoms with Crippen molar-refractivity contribution in [2.24, 2.45) is 0 Å². The zero-order chi connectivity index (χ0) is 16.1. The van der Waals surface area contributed by atoms with Crippen LogP contribution in [0.25, 0.3) is 0 Å². The van der Waals surface area contributed by atoms with Gasteiger partial charge in [-0.05, 0) is 43.4 Å².